The fourth-order valence-electron chi connectivity index (χ4n) is 2.18. The highest BCUT2D eigenvalue weighted by atomic mass is 35.5. The van der Waals surface area contributed by atoms with Gasteiger partial charge in [-0.1, -0.05) is 35.3 Å². The highest BCUT2D eigenvalue weighted by molar-refractivity contribution is 6.35. The minimum atomic E-state index is -0.334. The number of amides is 3. The summed E-state index contributed by atoms with van der Waals surface area (Å²) in [6, 6.07) is 11.5. The van der Waals surface area contributed by atoms with Gasteiger partial charge in [0.05, 0.1) is 0 Å². The predicted octanol–water partition coefficient (Wildman–Crippen LogP) is 4.27. The maximum atomic E-state index is 11.9. The molecule has 0 heterocycles. The normalized spacial score (nSPS) is 10.1. The van der Waals surface area contributed by atoms with Crippen molar-refractivity contribution in [2.24, 2.45) is 0 Å². The second-order valence-electron chi connectivity index (χ2n) is 5.44. The van der Waals surface area contributed by atoms with Crippen molar-refractivity contribution >= 4 is 40.8 Å². The number of rotatable bonds is 7. The third kappa shape index (κ3) is 6.10. The monoisotopic (exact) mass is 391 g/mol. The average Bonchev–Trinajstić information content (AvgIpc) is 2.62. The van der Waals surface area contributed by atoms with Crippen LogP contribution in [0.25, 0.3) is 0 Å². The lowest BCUT2D eigenvalue weighted by atomic mass is 10.1. The zero-order chi connectivity index (χ0) is 18.9. The lowest BCUT2D eigenvalue weighted by molar-refractivity contribution is 0.0958. The van der Waals surface area contributed by atoms with E-state index in [4.69, 9.17) is 23.2 Å². The van der Waals surface area contributed by atoms with Crippen LogP contribution in [-0.4, -0.2) is 25.0 Å². The first-order valence-electron chi connectivity index (χ1n) is 7.97. The molecule has 3 amide bonds. The van der Waals surface area contributed by atoms with Crippen molar-refractivity contribution in [2.75, 3.05) is 18.4 Å². The molecule has 0 fully saturated rings. The first-order valence-corrected chi connectivity index (χ1v) is 8.73. The first kappa shape index (κ1) is 19.8. The molecule has 0 aliphatic heterocycles. The maximum absolute atomic E-state index is 11.9. The van der Waals surface area contributed by atoms with Crippen LogP contribution in [0.3, 0.4) is 0 Å². The molecule has 0 radical (unpaired) electrons. The number of hydrogen-bond donors (Lipinski definition) is 3. The Bertz CT molecular complexity index is 792. The molecule has 3 N–H and O–H groups in total. The van der Waals surface area contributed by atoms with Crippen LogP contribution >= 0.6 is 23.2 Å². The van der Waals surface area contributed by atoms with Crippen molar-refractivity contribution in [3.63, 3.8) is 0 Å². The van der Waals surface area contributed by atoms with E-state index < -0.39 is 0 Å². The van der Waals surface area contributed by atoms with E-state index in [-0.39, 0.29) is 11.9 Å². The third-order valence-electron chi connectivity index (χ3n) is 3.51. The average molecular weight is 392 g/mol. The van der Waals surface area contributed by atoms with E-state index in [0.717, 1.165) is 5.56 Å². The van der Waals surface area contributed by atoms with Gasteiger partial charge in [-0.3, -0.25) is 4.79 Å². The summed E-state index contributed by atoms with van der Waals surface area (Å²) in [6.07, 6.45) is 2.20. The predicted molar refractivity (Wildman–Crippen MR) is 106 cm³/mol. The number of carbonyl (C=O) groups is 2. The molecule has 0 spiro atoms. The molecule has 2 aromatic rings. The second-order valence-corrected chi connectivity index (χ2v) is 6.29. The van der Waals surface area contributed by atoms with Gasteiger partial charge >= 0.3 is 6.03 Å². The number of hydrogen-bond acceptors (Lipinski definition) is 2. The minimum absolute atomic E-state index is 0.194. The Morgan fingerprint density at radius 2 is 1.77 bits per heavy atom. The van der Waals surface area contributed by atoms with Gasteiger partial charge in [-0.2, -0.15) is 0 Å². The zero-order valence-corrected chi connectivity index (χ0v) is 15.5. The molecule has 0 unspecified atom stereocenters. The third-order valence-corrected chi connectivity index (χ3v) is 4.09. The summed E-state index contributed by atoms with van der Waals surface area (Å²) in [5, 5.41) is 9.30. The maximum Gasteiger partial charge on any atom is 0.319 e. The van der Waals surface area contributed by atoms with Crippen molar-refractivity contribution in [1.82, 2.24) is 10.6 Å². The lowest BCUT2D eigenvalue weighted by Gasteiger charge is -2.09. The SMILES string of the molecule is C=CCNC(=O)c1ccc(NC(=O)NCCc2ccc(Cl)cc2Cl)cc1. The standard InChI is InChI=1S/C19H19Cl2N3O2/c1-2-10-22-18(25)14-4-7-16(8-5-14)24-19(26)23-11-9-13-3-6-15(20)12-17(13)21/h2-8,12H,1,9-11H2,(H,22,25)(H2,23,24,26). The molecule has 0 aliphatic carbocycles. The van der Waals surface area contributed by atoms with Crippen LogP contribution in [0.2, 0.25) is 10.0 Å². The van der Waals surface area contributed by atoms with E-state index in [2.05, 4.69) is 22.5 Å². The van der Waals surface area contributed by atoms with Gasteiger partial charge in [0, 0.05) is 34.4 Å². The fourth-order valence-corrected chi connectivity index (χ4v) is 2.69. The molecule has 0 atom stereocenters. The van der Waals surface area contributed by atoms with Gasteiger partial charge in [0.15, 0.2) is 0 Å². The van der Waals surface area contributed by atoms with Crippen LogP contribution in [0.1, 0.15) is 15.9 Å². The van der Waals surface area contributed by atoms with Gasteiger partial charge in [-0.25, -0.2) is 4.79 Å². The van der Waals surface area contributed by atoms with Crippen molar-refractivity contribution in [1.29, 1.82) is 0 Å². The van der Waals surface area contributed by atoms with Crippen LogP contribution in [0.15, 0.2) is 55.1 Å². The summed E-state index contributed by atoms with van der Waals surface area (Å²) >= 11 is 11.9. The Balaban J connectivity index is 1.80. The number of nitrogens with one attached hydrogen (secondary N) is 3. The first-order chi connectivity index (χ1) is 12.5. The number of urea groups is 1. The van der Waals surface area contributed by atoms with Gasteiger partial charge in [0.2, 0.25) is 0 Å². The number of benzene rings is 2. The van der Waals surface area contributed by atoms with Crippen LogP contribution in [0.5, 0.6) is 0 Å². The second kappa shape index (κ2) is 9.85. The van der Waals surface area contributed by atoms with Gasteiger partial charge in [-0.15, -0.1) is 6.58 Å². The molecule has 5 nitrogen and oxygen atoms in total. The summed E-state index contributed by atoms with van der Waals surface area (Å²) in [5.41, 5.74) is 2.01. The van der Waals surface area contributed by atoms with E-state index in [1.165, 1.54) is 0 Å². The number of anilines is 1. The van der Waals surface area contributed by atoms with Crippen LogP contribution < -0.4 is 16.0 Å². The largest absolute Gasteiger partial charge is 0.349 e. The number of carbonyl (C=O) groups excluding carboxylic acids is 2. The lowest BCUT2D eigenvalue weighted by Crippen LogP contribution is -2.30. The Morgan fingerprint density at radius 3 is 2.42 bits per heavy atom. The van der Waals surface area contributed by atoms with E-state index >= 15 is 0 Å². The summed E-state index contributed by atoms with van der Waals surface area (Å²) in [4.78, 5) is 23.7. The Labute approximate surface area is 162 Å². The molecule has 26 heavy (non-hydrogen) atoms. The van der Waals surface area contributed by atoms with Gasteiger partial charge in [0.25, 0.3) is 5.91 Å². The quantitative estimate of drug-likeness (QED) is 0.616. The Hall–Kier alpha value is -2.50. The van der Waals surface area contributed by atoms with Gasteiger partial charge < -0.3 is 16.0 Å². The van der Waals surface area contributed by atoms with Crippen LogP contribution in [0, 0.1) is 0 Å². The molecular weight excluding hydrogens is 373 g/mol. The molecule has 7 heteroatoms. The topological polar surface area (TPSA) is 70.2 Å². The minimum Gasteiger partial charge on any atom is -0.349 e. The molecule has 0 bridgehead atoms. The van der Waals surface area contributed by atoms with E-state index in [9.17, 15) is 9.59 Å². The fraction of sp³-hybridized carbons (Fsp3) is 0.158. The smallest absolute Gasteiger partial charge is 0.319 e. The summed E-state index contributed by atoms with van der Waals surface area (Å²) < 4.78 is 0. The highest BCUT2D eigenvalue weighted by Gasteiger charge is 2.06. The molecule has 0 saturated heterocycles. The molecule has 2 aromatic carbocycles. The van der Waals surface area contributed by atoms with Gasteiger partial charge in [-0.05, 0) is 48.4 Å². The van der Waals surface area contributed by atoms with Crippen molar-refractivity contribution in [3.8, 4) is 0 Å². The van der Waals surface area contributed by atoms with Gasteiger partial charge in [0.1, 0.15) is 0 Å². The molecule has 0 aromatic heterocycles. The summed E-state index contributed by atoms with van der Waals surface area (Å²) in [6.45, 7) is 4.37. The summed E-state index contributed by atoms with van der Waals surface area (Å²) in [7, 11) is 0. The van der Waals surface area contributed by atoms with Crippen LogP contribution in [0.4, 0.5) is 10.5 Å². The molecule has 2 rings (SSSR count). The van der Waals surface area contributed by atoms with Crippen molar-refractivity contribution in [2.45, 2.75) is 6.42 Å². The highest BCUT2D eigenvalue weighted by Crippen LogP contribution is 2.21. The van der Waals surface area contributed by atoms with Crippen molar-refractivity contribution in [3.05, 3.63) is 76.3 Å². The molecule has 136 valence electrons. The number of halogens is 2. The van der Waals surface area contributed by atoms with Crippen molar-refractivity contribution < 1.29 is 9.59 Å². The molecule has 0 aliphatic rings. The molecule has 0 saturated carbocycles. The van der Waals surface area contributed by atoms with E-state index in [0.29, 0.717) is 40.8 Å². The Morgan fingerprint density at radius 1 is 1.04 bits per heavy atom. The Kier molecular flexibility index (Phi) is 7.51. The van der Waals surface area contributed by atoms with E-state index in [1.54, 1.807) is 42.5 Å². The van der Waals surface area contributed by atoms with Crippen LogP contribution in [-0.2, 0) is 6.42 Å². The summed E-state index contributed by atoms with van der Waals surface area (Å²) in [5.74, 6) is -0.194. The van der Waals surface area contributed by atoms with E-state index in [1.807, 2.05) is 6.07 Å². The molecular formula is C19H19Cl2N3O2. The zero-order valence-electron chi connectivity index (χ0n) is 14.0.